The summed E-state index contributed by atoms with van der Waals surface area (Å²) in [5.41, 5.74) is 0.714. The van der Waals surface area contributed by atoms with Gasteiger partial charge in [-0.2, -0.15) is 0 Å². The van der Waals surface area contributed by atoms with Crippen LogP contribution in [0.2, 0.25) is 0 Å². The molecule has 3 heteroatoms. The Morgan fingerprint density at radius 1 is 1.32 bits per heavy atom. The minimum absolute atomic E-state index is 0.191. The number of nitrogens with one attached hydrogen (secondary N) is 1. The van der Waals surface area contributed by atoms with Gasteiger partial charge in [-0.3, -0.25) is 0 Å². The maximum absolute atomic E-state index is 13.8. The minimum Gasteiger partial charge on any atom is -0.497 e. The van der Waals surface area contributed by atoms with Crippen molar-refractivity contribution in [2.45, 2.75) is 45.7 Å². The van der Waals surface area contributed by atoms with Crippen molar-refractivity contribution in [3.05, 3.63) is 29.6 Å². The first-order chi connectivity index (χ1) is 9.11. The number of hydrogen-bond acceptors (Lipinski definition) is 2. The molecule has 0 bridgehead atoms. The van der Waals surface area contributed by atoms with Crippen molar-refractivity contribution in [3.63, 3.8) is 0 Å². The first-order valence-electron chi connectivity index (χ1n) is 7.17. The molecule has 1 aliphatic rings. The first kappa shape index (κ1) is 14.3. The van der Waals surface area contributed by atoms with Crippen molar-refractivity contribution in [2.75, 3.05) is 7.11 Å². The SMILES string of the molecule is COc1ccc(CNC2CCCC(C)C2C)c(F)c1. The summed E-state index contributed by atoms with van der Waals surface area (Å²) < 4.78 is 18.9. The van der Waals surface area contributed by atoms with Crippen LogP contribution in [0.4, 0.5) is 4.39 Å². The largest absolute Gasteiger partial charge is 0.497 e. The van der Waals surface area contributed by atoms with Gasteiger partial charge in [0.15, 0.2) is 0 Å². The van der Waals surface area contributed by atoms with E-state index in [1.165, 1.54) is 25.3 Å². The molecule has 2 nitrogen and oxygen atoms in total. The lowest BCUT2D eigenvalue weighted by atomic mass is 9.78. The van der Waals surface area contributed by atoms with Gasteiger partial charge in [0.2, 0.25) is 0 Å². The predicted molar refractivity (Wildman–Crippen MR) is 75.8 cm³/mol. The summed E-state index contributed by atoms with van der Waals surface area (Å²) in [5, 5.41) is 3.52. The summed E-state index contributed by atoms with van der Waals surface area (Å²) >= 11 is 0. The lowest BCUT2D eigenvalue weighted by Gasteiger charge is -2.34. The maximum Gasteiger partial charge on any atom is 0.131 e. The zero-order valence-corrected chi connectivity index (χ0v) is 12.1. The van der Waals surface area contributed by atoms with Crippen LogP contribution in [0.25, 0.3) is 0 Å². The monoisotopic (exact) mass is 265 g/mol. The molecule has 19 heavy (non-hydrogen) atoms. The van der Waals surface area contributed by atoms with Crippen molar-refractivity contribution in [2.24, 2.45) is 11.8 Å². The van der Waals surface area contributed by atoms with Crippen LogP contribution in [0.1, 0.15) is 38.7 Å². The van der Waals surface area contributed by atoms with Crippen molar-refractivity contribution in [1.29, 1.82) is 0 Å². The minimum atomic E-state index is -0.191. The highest BCUT2D eigenvalue weighted by atomic mass is 19.1. The van der Waals surface area contributed by atoms with Crippen LogP contribution in [-0.2, 0) is 6.54 Å². The Morgan fingerprint density at radius 3 is 2.79 bits per heavy atom. The fourth-order valence-electron chi connectivity index (χ4n) is 2.91. The number of hydrogen-bond donors (Lipinski definition) is 1. The molecular weight excluding hydrogens is 241 g/mol. The molecular formula is C16H24FNO. The first-order valence-corrected chi connectivity index (χ1v) is 7.17. The van der Waals surface area contributed by atoms with Crippen LogP contribution < -0.4 is 10.1 Å². The van der Waals surface area contributed by atoms with Crippen LogP contribution in [0.3, 0.4) is 0 Å². The molecule has 0 amide bonds. The Morgan fingerprint density at radius 2 is 2.11 bits per heavy atom. The molecule has 1 N–H and O–H groups in total. The van der Waals surface area contributed by atoms with Crippen molar-refractivity contribution < 1.29 is 9.13 Å². The fourth-order valence-corrected chi connectivity index (χ4v) is 2.91. The molecule has 0 spiro atoms. The van der Waals surface area contributed by atoms with Gasteiger partial charge >= 0.3 is 0 Å². The van der Waals surface area contributed by atoms with Gasteiger partial charge in [0, 0.05) is 24.2 Å². The third kappa shape index (κ3) is 3.47. The summed E-state index contributed by atoms with van der Waals surface area (Å²) in [4.78, 5) is 0. The second kappa shape index (κ2) is 6.38. The Balaban J connectivity index is 1.95. The Bertz CT molecular complexity index is 421. The van der Waals surface area contributed by atoms with Crippen molar-refractivity contribution in [1.82, 2.24) is 5.32 Å². The topological polar surface area (TPSA) is 21.3 Å². The van der Waals surface area contributed by atoms with E-state index in [0.29, 0.717) is 29.8 Å². The number of methoxy groups -OCH3 is 1. The maximum atomic E-state index is 13.8. The second-order valence-corrected chi connectivity index (χ2v) is 5.71. The highest BCUT2D eigenvalue weighted by Crippen LogP contribution is 2.29. The molecule has 1 fully saturated rings. The number of halogens is 1. The van der Waals surface area contributed by atoms with Crippen molar-refractivity contribution in [3.8, 4) is 5.75 Å². The lowest BCUT2D eigenvalue weighted by Crippen LogP contribution is -2.40. The highest BCUT2D eigenvalue weighted by molar-refractivity contribution is 5.28. The van der Waals surface area contributed by atoms with Gasteiger partial charge in [-0.25, -0.2) is 4.39 Å². The molecule has 0 aromatic heterocycles. The number of benzene rings is 1. The molecule has 0 saturated heterocycles. The fraction of sp³-hybridized carbons (Fsp3) is 0.625. The Hall–Kier alpha value is -1.09. The highest BCUT2D eigenvalue weighted by Gasteiger charge is 2.26. The van der Waals surface area contributed by atoms with Gasteiger partial charge in [0.1, 0.15) is 11.6 Å². The van der Waals surface area contributed by atoms with Crippen LogP contribution >= 0.6 is 0 Å². The summed E-state index contributed by atoms with van der Waals surface area (Å²) in [7, 11) is 1.55. The molecule has 106 valence electrons. The van der Waals surface area contributed by atoms with E-state index in [1.54, 1.807) is 13.2 Å². The average molecular weight is 265 g/mol. The van der Waals surface area contributed by atoms with Gasteiger partial charge in [0.25, 0.3) is 0 Å². The zero-order chi connectivity index (χ0) is 13.8. The van der Waals surface area contributed by atoms with E-state index in [0.717, 1.165) is 5.92 Å². The van der Waals surface area contributed by atoms with E-state index in [-0.39, 0.29) is 5.82 Å². The molecule has 3 atom stereocenters. The van der Waals surface area contributed by atoms with E-state index >= 15 is 0 Å². The summed E-state index contributed by atoms with van der Waals surface area (Å²) in [5.74, 6) is 1.80. The van der Waals surface area contributed by atoms with Gasteiger partial charge < -0.3 is 10.1 Å². The second-order valence-electron chi connectivity index (χ2n) is 5.71. The number of ether oxygens (including phenoxy) is 1. The summed E-state index contributed by atoms with van der Waals surface area (Å²) in [6.45, 7) is 5.20. The third-order valence-electron chi connectivity index (χ3n) is 4.52. The normalized spacial score (nSPS) is 27.3. The van der Waals surface area contributed by atoms with Gasteiger partial charge in [0.05, 0.1) is 7.11 Å². The molecule has 1 aromatic rings. The standard InChI is InChI=1S/C16H24FNO/c1-11-5-4-6-16(12(11)2)18-10-13-7-8-14(19-3)9-15(13)17/h7-9,11-12,16,18H,4-6,10H2,1-3H3. The molecule has 0 aliphatic heterocycles. The summed E-state index contributed by atoms with van der Waals surface area (Å²) in [6.07, 6.45) is 3.79. The van der Waals surface area contributed by atoms with E-state index in [2.05, 4.69) is 19.2 Å². The molecule has 0 heterocycles. The Labute approximate surface area is 115 Å². The molecule has 1 aromatic carbocycles. The lowest BCUT2D eigenvalue weighted by molar-refractivity contribution is 0.205. The molecule has 0 radical (unpaired) electrons. The Kier molecular flexibility index (Phi) is 4.81. The van der Waals surface area contributed by atoms with Gasteiger partial charge in [-0.15, -0.1) is 0 Å². The third-order valence-corrected chi connectivity index (χ3v) is 4.52. The van der Waals surface area contributed by atoms with Gasteiger partial charge in [-0.1, -0.05) is 32.8 Å². The van der Waals surface area contributed by atoms with E-state index < -0.39 is 0 Å². The molecule has 2 rings (SSSR count). The molecule has 1 aliphatic carbocycles. The average Bonchev–Trinajstić information content (AvgIpc) is 2.41. The quantitative estimate of drug-likeness (QED) is 0.895. The summed E-state index contributed by atoms with van der Waals surface area (Å²) in [6, 6.07) is 5.57. The molecule has 1 saturated carbocycles. The molecule has 3 unspecified atom stereocenters. The van der Waals surface area contributed by atoms with Gasteiger partial charge in [-0.05, 0) is 24.3 Å². The van der Waals surface area contributed by atoms with E-state index in [9.17, 15) is 4.39 Å². The van der Waals surface area contributed by atoms with E-state index in [4.69, 9.17) is 4.74 Å². The van der Waals surface area contributed by atoms with Crippen molar-refractivity contribution >= 4 is 0 Å². The van der Waals surface area contributed by atoms with E-state index in [1.807, 2.05) is 6.07 Å². The predicted octanol–water partition coefficient (Wildman–Crippen LogP) is 3.75. The van der Waals surface area contributed by atoms with Crippen LogP contribution in [0, 0.1) is 17.7 Å². The van der Waals surface area contributed by atoms with Crippen LogP contribution in [-0.4, -0.2) is 13.2 Å². The smallest absolute Gasteiger partial charge is 0.131 e. The zero-order valence-electron chi connectivity index (χ0n) is 12.1. The number of rotatable bonds is 4. The van der Waals surface area contributed by atoms with Crippen LogP contribution in [0.15, 0.2) is 18.2 Å². The van der Waals surface area contributed by atoms with Crippen LogP contribution in [0.5, 0.6) is 5.75 Å².